The second-order valence-corrected chi connectivity index (χ2v) is 4.53. The van der Waals surface area contributed by atoms with E-state index in [0.717, 1.165) is 11.5 Å². The Morgan fingerprint density at radius 1 is 1.57 bits per heavy atom. The molecule has 0 bridgehead atoms. The average molecular weight is 216 g/mol. The zero-order chi connectivity index (χ0) is 10.8. The Bertz CT molecular complexity index is 330. The van der Waals surface area contributed by atoms with E-state index >= 15 is 0 Å². The molecule has 1 aromatic rings. The van der Waals surface area contributed by atoms with Gasteiger partial charge in [-0.2, -0.15) is 9.36 Å². The van der Waals surface area contributed by atoms with Gasteiger partial charge in [0.2, 0.25) is 0 Å². The van der Waals surface area contributed by atoms with Crippen molar-refractivity contribution >= 4 is 17.5 Å². The Morgan fingerprint density at radius 2 is 2.21 bits per heavy atom. The van der Waals surface area contributed by atoms with Crippen molar-refractivity contribution < 1.29 is 14.6 Å². The van der Waals surface area contributed by atoms with Crippen LogP contribution in [0, 0.1) is 0 Å². The molecule has 1 N–H and O–H groups in total. The first-order valence-corrected chi connectivity index (χ1v) is 4.85. The highest BCUT2D eigenvalue weighted by molar-refractivity contribution is 7.07. The van der Waals surface area contributed by atoms with Gasteiger partial charge >= 0.3 is 5.97 Å². The molecule has 0 amide bonds. The third-order valence-corrected chi connectivity index (χ3v) is 2.03. The van der Waals surface area contributed by atoms with Gasteiger partial charge in [0.05, 0.1) is 0 Å². The quantitative estimate of drug-likeness (QED) is 0.824. The van der Waals surface area contributed by atoms with E-state index < -0.39 is 5.97 Å². The summed E-state index contributed by atoms with van der Waals surface area (Å²) in [5, 5.41) is 8.68. The molecule has 0 fully saturated rings. The fraction of sp³-hybridized carbons (Fsp3) is 0.625. The van der Waals surface area contributed by atoms with Crippen LogP contribution in [0.25, 0.3) is 0 Å². The number of carboxylic acid groups (broad SMARTS) is 1. The van der Waals surface area contributed by atoms with E-state index in [9.17, 15) is 4.79 Å². The first kappa shape index (κ1) is 10.9. The topological polar surface area (TPSA) is 72.3 Å². The summed E-state index contributed by atoms with van der Waals surface area (Å²) in [6, 6.07) is 0. The van der Waals surface area contributed by atoms with Gasteiger partial charge in [0.25, 0.3) is 5.19 Å². The van der Waals surface area contributed by atoms with Gasteiger partial charge in [-0.15, -0.1) is 0 Å². The van der Waals surface area contributed by atoms with E-state index in [2.05, 4.69) is 9.36 Å². The third kappa shape index (κ3) is 2.95. The van der Waals surface area contributed by atoms with Crippen LogP contribution in [0.1, 0.15) is 26.6 Å². The molecule has 78 valence electrons. The number of aliphatic carboxylic acids is 1. The molecule has 0 spiro atoms. The molecule has 0 saturated heterocycles. The van der Waals surface area contributed by atoms with E-state index in [1.54, 1.807) is 0 Å². The fourth-order valence-corrected chi connectivity index (χ4v) is 1.41. The van der Waals surface area contributed by atoms with E-state index in [0.29, 0.717) is 11.0 Å². The second kappa shape index (κ2) is 3.91. The number of hydrogen-bond donors (Lipinski definition) is 1. The Balaban J connectivity index is 2.64. The largest absolute Gasteiger partial charge is 0.479 e. The highest BCUT2D eigenvalue weighted by Gasteiger charge is 2.20. The van der Waals surface area contributed by atoms with E-state index in [-0.39, 0.29) is 12.0 Å². The van der Waals surface area contributed by atoms with Crippen molar-refractivity contribution in [2.24, 2.45) is 0 Å². The highest BCUT2D eigenvalue weighted by Crippen LogP contribution is 2.23. The van der Waals surface area contributed by atoms with Crippen LogP contribution in [0.4, 0.5) is 0 Å². The minimum atomic E-state index is -1.02. The molecule has 0 aromatic carbocycles. The summed E-state index contributed by atoms with van der Waals surface area (Å²) in [6.45, 7) is 5.57. The van der Waals surface area contributed by atoms with Crippen LogP contribution in [0.2, 0.25) is 0 Å². The lowest BCUT2D eigenvalue weighted by molar-refractivity contribution is -0.139. The number of carboxylic acids is 1. The molecule has 0 aliphatic rings. The monoisotopic (exact) mass is 216 g/mol. The van der Waals surface area contributed by atoms with Crippen molar-refractivity contribution in [1.29, 1.82) is 0 Å². The van der Waals surface area contributed by atoms with Crippen LogP contribution in [-0.4, -0.2) is 27.0 Å². The van der Waals surface area contributed by atoms with Crippen molar-refractivity contribution in [1.82, 2.24) is 9.36 Å². The van der Waals surface area contributed by atoms with Crippen molar-refractivity contribution in [3.63, 3.8) is 0 Å². The van der Waals surface area contributed by atoms with Crippen molar-refractivity contribution in [2.75, 3.05) is 6.61 Å². The first-order valence-electron chi connectivity index (χ1n) is 4.08. The smallest absolute Gasteiger partial charge is 0.341 e. The molecule has 6 heteroatoms. The summed E-state index contributed by atoms with van der Waals surface area (Å²) in [4.78, 5) is 14.3. The molecule has 0 aliphatic carbocycles. The summed E-state index contributed by atoms with van der Waals surface area (Å²) in [5.41, 5.74) is -0.138. The van der Waals surface area contributed by atoms with Gasteiger partial charge in [0.1, 0.15) is 0 Å². The number of rotatable bonds is 3. The van der Waals surface area contributed by atoms with E-state index in [1.165, 1.54) is 0 Å². The summed E-state index contributed by atoms with van der Waals surface area (Å²) in [7, 11) is 0. The van der Waals surface area contributed by atoms with Crippen LogP contribution >= 0.6 is 11.5 Å². The molecular weight excluding hydrogens is 204 g/mol. The zero-order valence-corrected chi connectivity index (χ0v) is 9.09. The molecule has 1 rings (SSSR count). The molecular formula is C8H12N2O3S. The Hall–Kier alpha value is -1.17. The van der Waals surface area contributed by atoms with Crippen LogP contribution in [0.5, 0.6) is 5.19 Å². The minimum Gasteiger partial charge on any atom is -0.479 e. The number of hydrogen-bond acceptors (Lipinski definition) is 5. The average Bonchev–Trinajstić information content (AvgIpc) is 2.47. The molecule has 5 nitrogen and oxygen atoms in total. The predicted octanol–water partition coefficient (Wildman–Crippen LogP) is 1.30. The SMILES string of the molecule is CC(C)(C)c1nsc(OCC(=O)O)n1. The summed E-state index contributed by atoms with van der Waals surface area (Å²) in [6.07, 6.45) is 0. The Labute approximate surface area is 85.9 Å². The first-order chi connectivity index (χ1) is 6.39. The van der Waals surface area contributed by atoms with Gasteiger partial charge in [-0.3, -0.25) is 0 Å². The van der Waals surface area contributed by atoms with Crippen LogP contribution in [0.3, 0.4) is 0 Å². The molecule has 0 unspecified atom stereocenters. The van der Waals surface area contributed by atoms with E-state index in [4.69, 9.17) is 9.84 Å². The van der Waals surface area contributed by atoms with Gasteiger partial charge in [-0.1, -0.05) is 20.8 Å². The van der Waals surface area contributed by atoms with E-state index in [1.807, 2.05) is 20.8 Å². The van der Waals surface area contributed by atoms with Gasteiger partial charge in [0.15, 0.2) is 12.4 Å². The summed E-state index contributed by atoms with van der Waals surface area (Å²) in [5.74, 6) is -0.347. The Morgan fingerprint density at radius 3 is 2.64 bits per heavy atom. The highest BCUT2D eigenvalue weighted by atomic mass is 32.1. The van der Waals surface area contributed by atoms with Crippen LogP contribution in [-0.2, 0) is 10.2 Å². The van der Waals surface area contributed by atoms with Gasteiger partial charge in [-0.25, -0.2) is 4.79 Å². The summed E-state index contributed by atoms with van der Waals surface area (Å²) < 4.78 is 8.97. The lowest BCUT2D eigenvalue weighted by Gasteiger charge is -2.11. The number of nitrogens with zero attached hydrogens (tertiary/aromatic N) is 2. The van der Waals surface area contributed by atoms with Gasteiger partial charge in [-0.05, 0) is 0 Å². The lowest BCUT2D eigenvalue weighted by atomic mass is 9.96. The molecule has 0 saturated carbocycles. The third-order valence-electron chi connectivity index (χ3n) is 1.40. The molecule has 0 radical (unpaired) electrons. The lowest BCUT2D eigenvalue weighted by Crippen LogP contribution is -2.13. The maximum Gasteiger partial charge on any atom is 0.341 e. The molecule has 1 heterocycles. The van der Waals surface area contributed by atoms with Crippen molar-refractivity contribution in [2.45, 2.75) is 26.2 Å². The number of aromatic nitrogens is 2. The Kier molecular flexibility index (Phi) is 3.05. The normalized spacial score (nSPS) is 11.4. The van der Waals surface area contributed by atoms with Crippen molar-refractivity contribution in [3.05, 3.63) is 5.82 Å². The molecule has 0 aliphatic heterocycles. The zero-order valence-electron chi connectivity index (χ0n) is 8.27. The number of carbonyl (C=O) groups is 1. The number of ether oxygens (including phenoxy) is 1. The van der Waals surface area contributed by atoms with Crippen molar-refractivity contribution in [3.8, 4) is 5.19 Å². The van der Waals surface area contributed by atoms with Gasteiger partial charge < -0.3 is 9.84 Å². The molecule has 1 aromatic heterocycles. The maximum atomic E-state index is 10.2. The molecule has 14 heavy (non-hydrogen) atoms. The standard InChI is InChI=1S/C8H12N2O3S/c1-8(2,3)6-9-7(14-10-6)13-4-5(11)12/h4H2,1-3H3,(H,11,12). The molecule has 0 atom stereocenters. The predicted molar refractivity (Wildman–Crippen MR) is 51.7 cm³/mol. The van der Waals surface area contributed by atoms with Gasteiger partial charge in [0, 0.05) is 16.9 Å². The maximum absolute atomic E-state index is 10.2. The fourth-order valence-electron chi connectivity index (χ4n) is 0.696. The van der Waals surface area contributed by atoms with Crippen LogP contribution in [0.15, 0.2) is 0 Å². The summed E-state index contributed by atoms with van der Waals surface area (Å²) >= 11 is 1.07. The van der Waals surface area contributed by atoms with Crippen LogP contribution < -0.4 is 4.74 Å². The second-order valence-electron chi connectivity index (χ2n) is 3.82. The minimum absolute atomic E-state index is 0.138.